The standard InChI is InChI=1S/C14H16F4N2O/c15-11-5-4-8(6-10(11)14(16,17)18)13(21)20-7-9-2-1-3-12(9)19/h4-6,9,12H,1-3,7,19H2,(H,20,21). The Labute approximate surface area is 119 Å². The van der Waals surface area contributed by atoms with Crippen LogP contribution in [0.3, 0.4) is 0 Å². The third-order valence-corrected chi connectivity index (χ3v) is 3.78. The van der Waals surface area contributed by atoms with E-state index >= 15 is 0 Å². The molecule has 0 aliphatic heterocycles. The van der Waals surface area contributed by atoms with E-state index in [9.17, 15) is 22.4 Å². The van der Waals surface area contributed by atoms with Crippen molar-refractivity contribution in [2.75, 3.05) is 6.54 Å². The molecule has 1 aromatic carbocycles. The van der Waals surface area contributed by atoms with Crippen LogP contribution in [0.15, 0.2) is 18.2 Å². The van der Waals surface area contributed by atoms with E-state index in [1.54, 1.807) is 0 Å². The highest BCUT2D eigenvalue weighted by Gasteiger charge is 2.34. The van der Waals surface area contributed by atoms with Crippen molar-refractivity contribution >= 4 is 5.91 Å². The maximum atomic E-state index is 13.1. The zero-order valence-electron chi connectivity index (χ0n) is 11.2. The molecule has 7 heteroatoms. The highest BCUT2D eigenvalue weighted by atomic mass is 19.4. The molecule has 1 aliphatic carbocycles. The summed E-state index contributed by atoms with van der Waals surface area (Å²) in [6.45, 7) is 0.318. The van der Waals surface area contributed by atoms with E-state index in [0.717, 1.165) is 25.3 Å². The number of alkyl halides is 3. The Morgan fingerprint density at radius 3 is 2.62 bits per heavy atom. The molecule has 2 rings (SSSR count). The van der Waals surface area contributed by atoms with Gasteiger partial charge in [0.1, 0.15) is 5.82 Å². The Balaban J connectivity index is 2.06. The molecule has 1 aromatic rings. The number of carbonyl (C=O) groups is 1. The van der Waals surface area contributed by atoms with Gasteiger partial charge in [0, 0.05) is 18.2 Å². The first kappa shape index (κ1) is 15.8. The Morgan fingerprint density at radius 2 is 2.05 bits per heavy atom. The van der Waals surface area contributed by atoms with E-state index in [4.69, 9.17) is 5.73 Å². The summed E-state index contributed by atoms with van der Waals surface area (Å²) in [6.07, 6.45) is -2.07. The van der Waals surface area contributed by atoms with Gasteiger partial charge in [0.2, 0.25) is 0 Å². The molecular weight excluding hydrogens is 288 g/mol. The average Bonchev–Trinajstić information content (AvgIpc) is 2.80. The van der Waals surface area contributed by atoms with Gasteiger partial charge in [-0.1, -0.05) is 6.42 Å². The van der Waals surface area contributed by atoms with Crippen molar-refractivity contribution in [2.24, 2.45) is 11.7 Å². The second kappa shape index (κ2) is 6.01. The normalized spacial score (nSPS) is 22.3. The lowest BCUT2D eigenvalue weighted by atomic mass is 10.0. The van der Waals surface area contributed by atoms with Crippen molar-refractivity contribution in [3.63, 3.8) is 0 Å². The molecule has 0 spiro atoms. The molecule has 0 heterocycles. The highest BCUT2D eigenvalue weighted by Crippen LogP contribution is 2.32. The first-order valence-corrected chi connectivity index (χ1v) is 6.69. The van der Waals surface area contributed by atoms with Gasteiger partial charge in [-0.3, -0.25) is 4.79 Å². The van der Waals surface area contributed by atoms with Crippen LogP contribution in [0, 0.1) is 11.7 Å². The monoisotopic (exact) mass is 304 g/mol. The molecule has 3 nitrogen and oxygen atoms in total. The minimum Gasteiger partial charge on any atom is -0.352 e. The third kappa shape index (κ3) is 3.72. The SMILES string of the molecule is NC1CCCC1CNC(=O)c1ccc(F)c(C(F)(F)F)c1. The highest BCUT2D eigenvalue weighted by molar-refractivity contribution is 5.94. The summed E-state index contributed by atoms with van der Waals surface area (Å²) in [6, 6.07) is 2.22. The van der Waals surface area contributed by atoms with Gasteiger partial charge in [0.15, 0.2) is 0 Å². The molecule has 0 radical (unpaired) electrons. The quantitative estimate of drug-likeness (QED) is 0.844. The minimum absolute atomic E-state index is 0.00394. The number of hydrogen-bond acceptors (Lipinski definition) is 2. The van der Waals surface area contributed by atoms with Gasteiger partial charge in [-0.25, -0.2) is 4.39 Å². The number of nitrogens with one attached hydrogen (secondary N) is 1. The van der Waals surface area contributed by atoms with Gasteiger partial charge < -0.3 is 11.1 Å². The average molecular weight is 304 g/mol. The Bertz CT molecular complexity index is 530. The fourth-order valence-corrected chi connectivity index (χ4v) is 2.53. The van der Waals surface area contributed by atoms with Crippen LogP contribution < -0.4 is 11.1 Å². The van der Waals surface area contributed by atoms with Crippen LogP contribution >= 0.6 is 0 Å². The summed E-state index contributed by atoms with van der Waals surface area (Å²) in [5, 5.41) is 2.56. The number of benzene rings is 1. The Morgan fingerprint density at radius 1 is 1.33 bits per heavy atom. The van der Waals surface area contributed by atoms with Crippen molar-refractivity contribution in [3.05, 3.63) is 35.1 Å². The van der Waals surface area contributed by atoms with Crippen LogP contribution in [0.5, 0.6) is 0 Å². The second-order valence-corrected chi connectivity index (χ2v) is 5.26. The first-order valence-electron chi connectivity index (χ1n) is 6.69. The van der Waals surface area contributed by atoms with Crippen LogP contribution in [0.1, 0.15) is 35.2 Å². The summed E-state index contributed by atoms with van der Waals surface area (Å²) >= 11 is 0. The maximum absolute atomic E-state index is 13.1. The second-order valence-electron chi connectivity index (χ2n) is 5.26. The molecule has 2 unspecified atom stereocenters. The van der Waals surface area contributed by atoms with Gasteiger partial charge in [-0.2, -0.15) is 13.2 Å². The number of halogens is 4. The van der Waals surface area contributed by atoms with E-state index in [1.807, 2.05) is 0 Å². The Hall–Kier alpha value is -1.63. The third-order valence-electron chi connectivity index (χ3n) is 3.78. The Kier molecular flexibility index (Phi) is 4.51. The van der Waals surface area contributed by atoms with Crippen molar-refractivity contribution < 1.29 is 22.4 Å². The predicted molar refractivity (Wildman–Crippen MR) is 69.1 cm³/mol. The van der Waals surface area contributed by atoms with Crippen molar-refractivity contribution in [2.45, 2.75) is 31.5 Å². The molecule has 1 saturated carbocycles. The predicted octanol–water partition coefficient (Wildman–Crippen LogP) is 2.70. The van der Waals surface area contributed by atoms with Crippen LogP contribution in [-0.2, 0) is 6.18 Å². The fourth-order valence-electron chi connectivity index (χ4n) is 2.53. The molecule has 116 valence electrons. The van der Waals surface area contributed by atoms with Gasteiger partial charge in [-0.15, -0.1) is 0 Å². The van der Waals surface area contributed by atoms with Crippen molar-refractivity contribution in [3.8, 4) is 0 Å². The van der Waals surface area contributed by atoms with E-state index in [0.29, 0.717) is 18.7 Å². The smallest absolute Gasteiger partial charge is 0.352 e. The number of rotatable bonds is 3. The van der Waals surface area contributed by atoms with Gasteiger partial charge in [-0.05, 0) is 37.0 Å². The molecule has 3 N–H and O–H groups in total. The van der Waals surface area contributed by atoms with Gasteiger partial charge >= 0.3 is 6.18 Å². The van der Waals surface area contributed by atoms with Crippen molar-refractivity contribution in [1.29, 1.82) is 0 Å². The summed E-state index contributed by atoms with van der Waals surface area (Å²) in [4.78, 5) is 11.9. The largest absolute Gasteiger partial charge is 0.419 e. The molecule has 21 heavy (non-hydrogen) atoms. The molecular formula is C14H16F4N2O. The zero-order chi connectivity index (χ0) is 15.6. The van der Waals surface area contributed by atoms with E-state index < -0.39 is 23.5 Å². The summed E-state index contributed by atoms with van der Waals surface area (Å²) in [5.74, 6) is -1.91. The maximum Gasteiger partial charge on any atom is 0.419 e. The number of hydrogen-bond donors (Lipinski definition) is 2. The van der Waals surface area contributed by atoms with Crippen LogP contribution in [0.4, 0.5) is 17.6 Å². The summed E-state index contributed by atoms with van der Waals surface area (Å²) < 4.78 is 50.9. The topological polar surface area (TPSA) is 55.1 Å². The van der Waals surface area contributed by atoms with Gasteiger partial charge in [0.25, 0.3) is 5.91 Å². The van der Waals surface area contributed by atoms with E-state index in [-0.39, 0.29) is 17.5 Å². The van der Waals surface area contributed by atoms with Crippen molar-refractivity contribution in [1.82, 2.24) is 5.32 Å². The molecule has 0 saturated heterocycles. The zero-order valence-corrected chi connectivity index (χ0v) is 11.2. The lowest BCUT2D eigenvalue weighted by Gasteiger charge is -2.16. The summed E-state index contributed by atoms with van der Waals surface area (Å²) in [5.41, 5.74) is 4.21. The molecule has 1 fully saturated rings. The number of amides is 1. The summed E-state index contributed by atoms with van der Waals surface area (Å²) in [7, 11) is 0. The van der Waals surface area contributed by atoms with Gasteiger partial charge in [0.05, 0.1) is 5.56 Å². The fraction of sp³-hybridized carbons (Fsp3) is 0.500. The molecule has 0 bridgehead atoms. The minimum atomic E-state index is -4.83. The number of nitrogens with two attached hydrogens (primary N) is 1. The van der Waals surface area contributed by atoms with Crippen LogP contribution in [-0.4, -0.2) is 18.5 Å². The van der Waals surface area contributed by atoms with Crippen LogP contribution in [0.2, 0.25) is 0 Å². The van der Waals surface area contributed by atoms with E-state index in [2.05, 4.69) is 5.32 Å². The molecule has 0 aromatic heterocycles. The molecule has 2 atom stereocenters. The lowest BCUT2D eigenvalue weighted by molar-refractivity contribution is -0.140. The molecule has 1 amide bonds. The van der Waals surface area contributed by atoms with Crippen LogP contribution in [0.25, 0.3) is 0 Å². The molecule has 1 aliphatic rings. The van der Waals surface area contributed by atoms with E-state index in [1.165, 1.54) is 0 Å². The first-order chi connectivity index (χ1) is 9.79. The lowest BCUT2D eigenvalue weighted by Crippen LogP contribution is -2.36. The number of carbonyl (C=O) groups excluding carboxylic acids is 1.